The molecule has 2 heterocycles. The summed E-state index contributed by atoms with van der Waals surface area (Å²) in [6, 6.07) is 10.5. The molecule has 1 saturated carbocycles. The second-order valence-electron chi connectivity index (χ2n) is 7.99. The Morgan fingerprint density at radius 2 is 1.93 bits per heavy atom. The van der Waals surface area contributed by atoms with Crippen LogP contribution in [0.2, 0.25) is 0 Å². The maximum atomic E-state index is 11.8. The molecule has 1 aliphatic heterocycles. The standard InChI is InChI=1S/C20H28N4O3S2/c1-29(25,26)23-18-11-12-24(20-21-14-22-28-20)19(18)13-27-17-9-7-16(8-10-17)15-5-3-2-4-6-15/h2-6,14,16-19,23H,7-13H2,1H3/t16?,17?,18-,19-/m0/s1. The first-order valence-electron chi connectivity index (χ1n) is 10.2. The van der Waals surface area contributed by atoms with Gasteiger partial charge in [-0.1, -0.05) is 30.3 Å². The molecule has 1 aliphatic carbocycles. The van der Waals surface area contributed by atoms with E-state index in [-0.39, 0.29) is 18.2 Å². The van der Waals surface area contributed by atoms with Crippen LogP contribution in [0.15, 0.2) is 36.7 Å². The SMILES string of the molecule is CS(=O)(=O)N[C@H]1CCN(c2ncns2)[C@H]1COC1CCC(c2ccccc2)CC1. The molecule has 7 nitrogen and oxygen atoms in total. The molecule has 1 N–H and O–H groups in total. The lowest BCUT2D eigenvalue weighted by Gasteiger charge is -2.32. The average Bonchev–Trinajstić information content (AvgIpc) is 3.36. The van der Waals surface area contributed by atoms with Gasteiger partial charge in [-0.15, -0.1) is 0 Å². The molecule has 2 atom stereocenters. The van der Waals surface area contributed by atoms with E-state index in [4.69, 9.17) is 4.74 Å². The predicted octanol–water partition coefficient (Wildman–Crippen LogP) is 2.78. The van der Waals surface area contributed by atoms with Crippen LogP contribution in [-0.2, 0) is 14.8 Å². The van der Waals surface area contributed by atoms with Crippen molar-refractivity contribution in [3.8, 4) is 0 Å². The molecule has 2 aliphatic rings. The molecule has 4 rings (SSSR count). The molecule has 1 aromatic carbocycles. The Kier molecular flexibility index (Phi) is 6.48. The van der Waals surface area contributed by atoms with Crippen molar-refractivity contribution in [2.75, 3.05) is 24.3 Å². The maximum Gasteiger partial charge on any atom is 0.209 e. The summed E-state index contributed by atoms with van der Waals surface area (Å²) in [6.45, 7) is 1.24. The Labute approximate surface area is 176 Å². The first kappa shape index (κ1) is 20.7. The van der Waals surface area contributed by atoms with Crippen molar-refractivity contribution in [2.45, 2.75) is 56.2 Å². The minimum absolute atomic E-state index is 0.0653. The summed E-state index contributed by atoms with van der Waals surface area (Å²) in [5.74, 6) is 0.611. The summed E-state index contributed by atoms with van der Waals surface area (Å²) in [5, 5.41) is 0.823. The third-order valence-corrected chi connectivity index (χ3v) is 7.39. The Balaban J connectivity index is 1.36. The summed E-state index contributed by atoms with van der Waals surface area (Å²) in [6.07, 6.45) is 8.05. The zero-order valence-corrected chi connectivity index (χ0v) is 18.2. The van der Waals surface area contributed by atoms with Gasteiger partial charge in [-0.2, -0.15) is 4.37 Å². The first-order valence-corrected chi connectivity index (χ1v) is 12.8. The van der Waals surface area contributed by atoms with E-state index >= 15 is 0 Å². The summed E-state index contributed by atoms with van der Waals surface area (Å²) in [7, 11) is -3.28. The largest absolute Gasteiger partial charge is 0.376 e. The Hall–Kier alpha value is -1.55. The molecule has 0 unspecified atom stereocenters. The number of nitrogens with zero attached hydrogens (tertiary/aromatic N) is 3. The zero-order valence-electron chi connectivity index (χ0n) is 16.6. The lowest BCUT2D eigenvalue weighted by atomic mass is 9.83. The summed E-state index contributed by atoms with van der Waals surface area (Å²) in [5.41, 5.74) is 1.42. The third-order valence-electron chi connectivity index (χ3n) is 5.95. The van der Waals surface area contributed by atoms with Gasteiger partial charge < -0.3 is 9.64 Å². The highest BCUT2D eigenvalue weighted by Gasteiger charge is 2.38. The van der Waals surface area contributed by atoms with E-state index < -0.39 is 10.0 Å². The van der Waals surface area contributed by atoms with Crippen LogP contribution in [0.3, 0.4) is 0 Å². The highest BCUT2D eigenvalue weighted by atomic mass is 32.2. The fourth-order valence-corrected chi connectivity index (χ4v) is 5.97. The summed E-state index contributed by atoms with van der Waals surface area (Å²) < 4.78 is 36.8. The van der Waals surface area contributed by atoms with Crippen LogP contribution in [0, 0.1) is 0 Å². The molecule has 0 radical (unpaired) electrons. The van der Waals surface area contributed by atoms with Crippen LogP contribution in [0.25, 0.3) is 0 Å². The minimum Gasteiger partial charge on any atom is -0.376 e. The van der Waals surface area contributed by atoms with E-state index in [0.29, 0.717) is 12.5 Å². The highest BCUT2D eigenvalue weighted by Crippen LogP contribution is 2.34. The number of anilines is 1. The Bertz CT molecular complexity index is 868. The monoisotopic (exact) mass is 436 g/mol. The van der Waals surface area contributed by atoms with Gasteiger partial charge in [0.25, 0.3) is 0 Å². The number of hydrogen-bond donors (Lipinski definition) is 1. The van der Waals surface area contributed by atoms with Crippen molar-refractivity contribution in [1.29, 1.82) is 0 Å². The number of aromatic nitrogens is 2. The van der Waals surface area contributed by atoms with Gasteiger partial charge in [0.05, 0.1) is 25.0 Å². The fourth-order valence-electron chi connectivity index (χ4n) is 4.53. The molecule has 0 amide bonds. The second-order valence-corrected chi connectivity index (χ2v) is 10.5. The number of ether oxygens (including phenoxy) is 1. The van der Waals surface area contributed by atoms with Gasteiger partial charge >= 0.3 is 0 Å². The summed E-state index contributed by atoms with van der Waals surface area (Å²) >= 11 is 1.34. The van der Waals surface area contributed by atoms with Crippen molar-refractivity contribution in [3.05, 3.63) is 42.2 Å². The van der Waals surface area contributed by atoms with Crippen LogP contribution in [0.4, 0.5) is 5.13 Å². The van der Waals surface area contributed by atoms with Crippen LogP contribution < -0.4 is 9.62 Å². The molecule has 1 saturated heterocycles. The average molecular weight is 437 g/mol. The van der Waals surface area contributed by atoms with E-state index in [1.807, 2.05) is 0 Å². The minimum atomic E-state index is -3.28. The predicted molar refractivity (Wildman–Crippen MR) is 115 cm³/mol. The summed E-state index contributed by atoms with van der Waals surface area (Å²) in [4.78, 5) is 6.45. The molecule has 9 heteroatoms. The van der Waals surface area contributed by atoms with E-state index in [9.17, 15) is 8.42 Å². The Morgan fingerprint density at radius 3 is 2.59 bits per heavy atom. The van der Waals surface area contributed by atoms with E-state index in [1.54, 1.807) is 6.33 Å². The van der Waals surface area contributed by atoms with Gasteiger partial charge in [0.1, 0.15) is 6.33 Å². The molecule has 2 aromatic rings. The van der Waals surface area contributed by atoms with E-state index in [0.717, 1.165) is 43.8 Å². The highest BCUT2D eigenvalue weighted by molar-refractivity contribution is 7.88. The molecular formula is C20H28N4O3S2. The number of nitrogens with one attached hydrogen (secondary N) is 1. The second kappa shape index (κ2) is 9.07. The smallest absolute Gasteiger partial charge is 0.209 e. The van der Waals surface area contributed by atoms with Crippen LogP contribution in [0.1, 0.15) is 43.6 Å². The molecule has 0 spiro atoms. The van der Waals surface area contributed by atoms with Crippen molar-refractivity contribution in [1.82, 2.24) is 14.1 Å². The van der Waals surface area contributed by atoms with Crippen molar-refractivity contribution in [3.63, 3.8) is 0 Å². The quantitative estimate of drug-likeness (QED) is 0.718. The van der Waals surface area contributed by atoms with E-state index in [1.165, 1.54) is 23.4 Å². The zero-order chi connectivity index (χ0) is 20.3. The van der Waals surface area contributed by atoms with Gasteiger partial charge in [-0.3, -0.25) is 0 Å². The van der Waals surface area contributed by atoms with Crippen molar-refractivity contribution >= 4 is 26.7 Å². The molecule has 29 heavy (non-hydrogen) atoms. The number of hydrogen-bond acceptors (Lipinski definition) is 7. The van der Waals surface area contributed by atoms with Gasteiger partial charge in [-0.25, -0.2) is 18.1 Å². The van der Waals surface area contributed by atoms with Crippen LogP contribution in [0.5, 0.6) is 0 Å². The molecular weight excluding hydrogens is 408 g/mol. The first-order chi connectivity index (χ1) is 14.0. The molecule has 158 valence electrons. The molecule has 2 fully saturated rings. The Morgan fingerprint density at radius 1 is 1.17 bits per heavy atom. The normalized spacial score (nSPS) is 28.0. The fraction of sp³-hybridized carbons (Fsp3) is 0.600. The van der Waals surface area contributed by atoms with Gasteiger partial charge in [0, 0.05) is 24.1 Å². The van der Waals surface area contributed by atoms with Crippen molar-refractivity contribution < 1.29 is 13.2 Å². The number of benzene rings is 1. The maximum absolute atomic E-state index is 11.8. The lowest BCUT2D eigenvalue weighted by Crippen LogP contribution is -2.48. The van der Waals surface area contributed by atoms with Gasteiger partial charge in [-0.05, 0) is 43.6 Å². The van der Waals surface area contributed by atoms with Crippen molar-refractivity contribution in [2.24, 2.45) is 0 Å². The third kappa shape index (κ3) is 5.33. The van der Waals surface area contributed by atoms with Crippen LogP contribution in [-0.4, -0.2) is 55.4 Å². The molecule has 1 aromatic heterocycles. The lowest BCUT2D eigenvalue weighted by molar-refractivity contribution is 0.0157. The molecule has 0 bridgehead atoms. The topological polar surface area (TPSA) is 84.4 Å². The number of rotatable bonds is 7. The number of sulfonamides is 1. The van der Waals surface area contributed by atoms with E-state index in [2.05, 4.69) is 49.3 Å². The van der Waals surface area contributed by atoms with Gasteiger partial charge in [0.2, 0.25) is 15.2 Å². The van der Waals surface area contributed by atoms with Gasteiger partial charge in [0.15, 0.2) is 0 Å². The van der Waals surface area contributed by atoms with Crippen LogP contribution >= 0.6 is 11.5 Å².